The number of hydrogen-bond donors (Lipinski definition) is 0. The van der Waals surface area contributed by atoms with Crippen LogP contribution in [0.4, 0.5) is 0 Å². The fourth-order valence-corrected chi connectivity index (χ4v) is 2.49. The largest absolute Gasteiger partial charge is 0.374 e. The Balaban J connectivity index is 2.48. The lowest BCUT2D eigenvalue weighted by atomic mass is 9.98. The molecule has 2 heteroatoms. The molecular formula is C11H23NO. The average molecular weight is 185 g/mol. The van der Waals surface area contributed by atoms with E-state index in [0.717, 1.165) is 5.92 Å². The second-order valence-electron chi connectivity index (χ2n) is 4.63. The van der Waals surface area contributed by atoms with Gasteiger partial charge < -0.3 is 9.64 Å². The first-order valence-electron chi connectivity index (χ1n) is 5.38. The average Bonchev–Trinajstić information content (AvgIpc) is 2.29. The van der Waals surface area contributed by atoms with Crippen molar-refractivity contribution >= 4 is 0 Å². The maximum Gasteiger partial charge on any atom is 0.0708 e. The van der Waals surface area contributed by atoms with Gasteiger partial charge in [-0.2, -0.15) is 0 Å². The highest BCUT2D eigenvalue weighted by molar-refractivity contribution is 4.87. The van der Waals surface area contributed by atoms with E-state index in [-0.39, 0.29) is 0 Å². The number of hydrogen-bond acceptors (Lipinski definition) is 2. The zero-order valence-electron chi connectivity index (χ0n) is 9.58. The van der Waals surface area contributed by atoms with E-state index in [1.165, 1.54) is 13.0 Å². The molecule has 0 saturated carbocycles. The van der Waals surface area contributed by atoms with Crippen LogP contribution in [0.25, 0.3) is 0 Å². The third-order valence-corrected chi connectivity index (χ3v) is 3.00. The van der Waals surface area contributed by atoms with E-state index in [9.17, 15) is 0 Å². The summed E-state index contributed by atoms with van der Waals surface area (Å²) in [6.45, 7) is 9.96. The fourth-order valence-electron chi connectivity index (χ4n) is 2.49. The molecule has 1 aliphatic heterocycles. The van der Waals surface area contributed by atoms with Crippen molar-refractivity contribution in [3.63, 3.8) is 0 Å². The van der Waals surface area contributed by atoms with Crippen LogP contribution >= 0.6 is 0 Å². The smallest absolute Gasteiger partial charge is 0.0708 e. The van der Waals surface area contributed by atoms with Crippen molar-refractivity contribution in [1.82, 2.24) is 4.90 Å². The van der Waals surface area contributed by atoms with Crippen LogP contribution in [0.15, 0.2) is 0 Å². The van der Waals surface area contributed by atoms with Gasteiger partial charge in [0, 0.05) is 6.04 Å². The summed E-state index contributed by atoms with van der Waals surface area (Å²) in [4.78, 5) is 2.43. The fraction of sp³-hybridized carbons (Fsp3) is 1.00. The van der Waals surface area contributed by atoms with Crippen LogP contribution in [0.2, 0.25) is 0 Å². The minimum absolute atomic E-state index is 0.344. The Morgan fingerprint density at radius 3 is 2.31 bits per heavy atom. The number of nitrogens with zero attached hydrogens (tertiary/aromatic N) is 1. The third-order valence-electron chi connectivity index (χ3n) is 3.00. The van der Waals surface area contributed by atoms with Gasteiger partial charge in [0.2, 0.25) is 0 Å². The highest BCUT2D eigenvalue weighted by Gasteiger charge is 2.33. The van der Waals surface area contributed by atoms with Gasteiger partial charge in [0.1, 0.15) is 0 Å². The molecular weight excluding hydrogens is 162 g/mol. The molecule has 0 amide bonds. The van der Waals surface area contributed by atoms with Gasteiger partial charge in [-0.1, -0.05) is 6.92 Å². The van der Waals surface area contributed by atoms with Gasteiger partial charge in [0.05, 0.1) is 12.2 Å². The van der Waals surface area contributed by atoms with Crippen molar-refractivity contribution < 1.29 is 4.74 Å². The Hall–Kier alpha value is -0.0800. The summed E-state index contributed by atoms with van der Waals surface area (Å²) < 4.78 is 5.83. The highest BCUT2D eigenvalue weighted by Crippen LogP contribution is 2.26. The molecule has 1 fully saturated rings. The zero-order valence-corrected chi connectivity index (χ0v) is 9.58. The molecule has 1 aliphatic rings. The molecule has 2 nitrogen and oxygen atoms in total. The second-order valence-corrected chi connectivity index (χ2v) is 4.63. The van der Waals surface area contributed by atoms with Gasteiger partial charge in [-0.15, -0.1) is 0 Å². The normalized spacial score (nSPS) is 32.8. The Labute approximate surface area is 82.3 Å². The van der Waals surface area contributed by atoms with Crippen LogP contribution in [0.3, 0.4) is 0 Å². The van der Waals surface area contributed by atoms with Crippen molar-refractivity contribution in [2.24, 2.45) is 5.92 Å². The first-order chi connectivity index (χ1) is 6.02. The number of likely N-dealkylation sites (N-methyl/N-ethyl adjacent to an activating group) is 1. The summed E-state index contributed by atoms with van der Waals surface area (Å²) in [6.07, 6.45) is 2.02. The number of rotatable bonds is 3. The highest BCUT2D eigenvalue weighted by atomic mass is 16.5. The minimum Gasteiger partial charge on any atom is -0.374 e. The molecule has 13 heavy (non-hydrogen) atoms. The van der Waals surface area contributed by atoms with Crippen molar-refractivity contribution in [3.05, 3.63) is 0 Å². The summed E-state index contributed by atoms with van der Waals surface area (Å²) in [6, 6.07) is 0.613. The molecule has 1 heterocycles. The Bertz CT molecular complexity index is 148. The van der Waals surface area contributed by atoms with Gasteiger partial charge in [0.25, 0.3) is 0 Å². The van der Waals surface area contributed by atoms with E-state index in [2.05, 4.69) is 39.6 Å². The quantitative estimate of drug-likeness (QED) is 0.668. The first kappa shape index (κ1) is 11.0. The van der Waals surface area contributed by atoms with E-state index < -0.39 is 0 Å². The maximum absolute atomic E-state index is 5.83. The summed E-state index contributed by atoms with van der Waals surface area (Å²) >= 11 is 0. The second kappa shape index (κ2) is 4.43. The van der Waals surface area contributed by atoms with Crippen LogP contribution in [-0.4, -0.2) is 36.7 Å². The van der Waals surface area contributed by atoms with E-state index in [1.54, 1.807) is 0 Å². The molecule has 0 aromatic rings. The predicted octanol–water partition coefficient (Wildman–Crippen LogP) is 2.14. The molecule has 0 aliphatic carbocycles. The minimum atomic E-state index is 0.344. The van der Waals surface area contributed by atoms with E-state index in [1.807, 2.05) is 0 Å². The molecule has 0 aromatic carbocycles. The van der Waals surface area contributed by atoms with Crippen molar-refractivity contribution in [1.29, 1.82) is 0 Å². The van der Waals surface area contributed by atoms with Gasteiger partial charge in [-0.25, -0.2) is 0 Å². The third kappa shape index (κ3) is 2.68. The summed E-state index contributed by atoms with van der Waals surface area (Å²) in [7, 11) is 2.20. The van der Waals surface area contributed by atoms with Crippen molar-refractivity contribution in [2.75, 3.05) is 13.6 Å². The van der Waals surface area contributed by atoms with Crippen LogP contribution in [0.1, 0.15) is 34.1 Å². The predicted molar refractivity (Wildman–Crippen MR) is 55.9 cm³/mol. The molecule has 1 saturated heterocycles. The Morgan fingerprint density at radius 1 is 1.31 bits per heavy atom. The molecule has 78 valence electrons. The molecule has 1 unspecified atom stereocenters. The Kier molecular flexibility index (Phi) is 3.74. The summed E-state index contributed by atoms with van der Waals surface area (Å²) in [5.41, 5.74) is 0. The van der Waals surface area contributed by atoms with E-state index in [0.29, 0.717) is 18.2 Å². The van der Waals surface area contributed by atoms with Gasteiger partial charge in [0.15, 0.2) is 0 Å². The number of ether oxygens (including phenoxy) is 1. The molecule has 1 rings (SSSR count). The molecule has 0 bridgehead atoms. The van der Waals surface area contributed by atoms with Crippen molar-refractivity contribution in [3.8, 4) is 0 Å². The van der Waals surface area contributed by atoms with Crippen LogP contribution < -0.4 is 0 Å². The van der Waals surface area contributed by atoms with Gasteiger partial charge in [-0.05, 0) is 46.7 Å². The van der Waals surface area contributed by atoms with Crippen LogP contribution in [0.5, 0.6) is 0 Å². The lowest BCUT2D eigenvalue weighted by Gasteiger charge is -2.30. The molecule has 0 radical (unpaired) electrons. The number of likely N-dealkylation sites (tertiary alicyclic amines) is 1. The first-order valence-corrected chi connectivity index (χ1v) is 5.38. The maximum atomic E-state index is 5.83. The standard InChI is InChI=1S/C11H23NO/c1-8(2)13-10(4)11-9(3)6-7-12(11)5/h8-11H,6-7H2,1-5H3/t9-,10-,11?/m0/s1. The van der Waals surface area contributed by atoms with Gasteiger partial charge >= 0.3 is 0 Å². The SMILES string of the molecule is CC(C)O[C@@H](C)C1[C@@H](C)CCN1C. The topological polar surface area (TPSA) is 12.5 Å². The molecule has 0 N–H and O–H groups in total. The van der Waals surface area contributed by atoms with E-state index >= 15 is 0 Å². The monoisotopic (exact) mass is 185 g/mol. The molecule has 0 aromatic heterocycles. The van der Waals surface area contributed by atoms with Crippen LogP contribution in [-0.2, 0) is 4.74 Å². The lowest BCUT2D eigenvalue weighted by molar-refractivity contribution is -0.0286. The molecule has 3 atom stereocenters. The lowest BCUT2D eigenvalue weighted by Crippen LogP contribution is -2.40. The van der Waals surface area contributed by atoms with Crippen LogP contribution in [0, 0.1) is 5.92 Å². The molecule has 0 spiro atoms. The summed E-state index contributed by atoms with van der Waals surface area (Å²) in [5.74, 6) is 0.777. The van der Waals surface area contributed by atoms with Crippen molar-refractivity contribution in [2.45, 2.75) is 52.4 Å². The summed E-state index contributed by atoms with van der Waals surface area (Å²) in [5, 5.41) is 0. The van der Waals surface area contributed by atoms with Gasteiger partial charge in [-0.3, -0.25) is 0 Å². The Morgan fingerprint density at radius 2 is 1.92 bits per heavy atom. The van der Waals surface area contributed by atoms with E-state index in [4.69, 9.17) is 4.74 Å². The zero-order chi connectivity index (χ0) is 10.0.